The smallest absolute Gasteiger partial charge is 0.313 e. The van der Waals surface area contributed by atoms with Gasteiger partial charge in [-0.3, -0.25) is 9.69 Å². The summed E-state index contributed by atoms with van der Waals surface area (Å²) in [5.74, 6) is -0.0455. The van der Waals surface area contributed by atoms with Gasteiger partial charge >= 0.3 is 5.97 Å². The normalized spacial score (nSPS) is 25.0. The molecule has 2 N–H and O–H groups in total. The number of likely N-dealkylation sites (tertiary alicyclic amines) is 1. The standard InChI is InChI=1S/C19H29NO4/c1-4-10-19(18(22)23)13-20(11-9-17(19)21)12-15-5-7-16(8-6-15)24-14(2)3/h5-8,14,17,21H,4,9-13H2,1-3H3,(H,22,23)/t17-,19+/m0/s1. The Hall–Kier alpha value is -1.59. The zero-order chi connectivity index (χ0) is 17.7. The van der Waals surface area contributed by atoms with Gasteiger partial charge in [-0.1, -0.05) is 25.5 Å². The molecule has 1 fully saturated rings. The van der Waals surface area contributed by atoms with E-state index >= 15 is 0 Å². The van der Waals surface area contributed by atoms with Crippen LogP contribution in [0, 0.1) is 5.41 Å². The van der Waals surface area contributed by atoms with E-state index in [1.807, 2.05) is 45.0 Å². The zero-order valence-electron chi connectivity index (χ0n) is 14.9. The van der Waals surface area contributed by atoms with Crippen LogP contribution in [0.25, 0.3) is 0 Å². The Morgan fingerprint density at radius 3 is 2.58 bits per heavy atom. The molecule has 0 spiro atoms. The number of piperidine rings is 1. The lowest BCUT2D eigenvalue weighted by molar-refractivity contribution is -0.164. The van der Waals surface area contributed by atoms with Crippen LogP contribution in [0.2, 0.25) is 0 Å². The Bertz CT molecular complexity index is 543. The minimum Gasteiger partial charge on any atom is -0.491 e. The van der Waals surface area contributed by atoms with E-state index in [2.05, 4.69) is 4.90 Å². The molecule has 0 unspecified atom stereocenters. The van der Waals surface area contributed by atoms with Gasteiger partial charge in [-0.2, -0.15) is 0 Å². The largest absolute Gasteiger partial charge is 0.491 e. The number of hydrogen-bond acceptors (Lipinski definition) is 4. The van der Waals surface area contributed by atoms with Crippen molar-refractivity contribution in [2.75, 3.05) is 13.1 Å². The second-order valence-electron chi connectivity index (χ2n) is 7.04. The molecule has 5 nitrogen and oxygen atoms in total. The first-order chi connectivity index (χ1) is 11.4. The van der Waals surface area contributed by atoms with Gasteiger partial charge in [0.25, 0.3) is 0 Å². The molecule has 0 saturated carbocycles. The fourth-order valence-corrected chi connectivity index (χ4v) is 3.51. The molecule has 2 atom stereocenters. The third-order valence-corrected chi connectivity index (χ3v) is 4.69. The Morgan fingerprint density at radius 1 is 1.38 bits per heavy atom. The van der Waals surface area contributed by atoms with Gasteiger partial charge in [-0.25, -0.2) is 0 Å². The van der Waals surface area contributed by atoms with Crippen LogP contribution in [0.5, 0.6) is 5.75 Å². The summed E-state index contributed by atoms with van der Waals surface area (Å²) < 4.78 is 5.65. The highest BCUT2D eigenvalue weighted by atomic mass is 16.5. The van der Waals surface area contributed by atoms with Crippen LogP contribution in [0.3, 0.4) is 0 Å². The summed E-state index contributed by atoms with van der Waals surface area (Å²) >= 11 is 0. The number of hydrogen-bond donors (Lipinski definition) is 2. The predicted molar refractivity (Wildman–Crippen MR) is 93.1 cm³/mol. The predicted octanol–water partition coefficient (Wildman–Crippen LogP) is 2.91. The molecule has 24 heavy (non-hydrogen) atoms. The van der Waals surface area contributed by atoms with Gasteiger partial charge < -0.3 is 14.9 Å². The maximum atomic E-state index is 11.8. The van der Waals surface area contributed by atoms with Gasteiger partial charge in [0, 0.05) is 19.6 Å². The summed E-state index contributed by atoms with van der Waals surface area (Å²) in [6, 6.07) is 7.94. The molecule has 134 valence electrons. The Balaban J connectivity index is 2.06. The summed E-state index contributed by atoms with van der Waals surface area (Å²) in [4.78, 5) is 14.0. The molecule has 1 saturated heterocycles. The van der Waals surface area contributed by atoms with Gasteiger partial charge in [0.2, 0.25) is 0 Å². The first-order valence-corrected chi connectivity index (χ1v) is 8.77. The van der Waals surface area contributed by atoms with Crippen molar-refractivity contribution in [2.45, 2.75) is 58.8 Å². The summed E-state index contributed by atoms with van der Waals surface area (Å²) in [5, 5.41) is 20.0. The van der Waals surface area contributed by atoms with E-state index in [9.17, 15) is 15.0 Å². The molecule has 0 aliphatic carbocycles. The molecular weight excluding hydrogens is 306 g/mol. The number of nitrogens with zero attached hydrogens (tertiary/aromatic N) is 1. The number of carboxylic acid groups (broad SMARTS) is 1. The first kappa shape index (κ1) is 18.7. The van der Waals surface area contributed by atoms with E-state index in [0.29, 0.717) is 32.5 Å². The van der Waals surface area contributed by atoms with Crippen molar-refractivity contribution < 1.29 is 19.7 Å². The van der Waals surface area contributed by atoms with Gasteiger partial charge in [-0.15, -0.1) is 0 Å². The average molecular weight is 335 g/mol. The lowest BCUT2D eigenvalue weighted by Crippen LogP contribution is -2.55. The molecule has 0 aromatic heterocycles. The third-order valence-electron chi connectivity index (χ3n) is 4.69. The lowest BCUT2D eigenvalue weighted by atomic mass is 9.74. The highest BCUT2D eigenvalue weighted by Gasteiger charge is 2.48. The van der Waals surface area contributed by atoms with Crippen LogP contribution in [0.4, 0.5) is 0 Å². The molecule has 1 aliphatic rings. The molecular formula is C19H29NO4. The van der Waals surface area contributed by atoms with Crippen molar-refractivity contribution in [1.29, 1.82) is 0 Å². The number of aliphatic hydroxyl groups excluding tert-OH is 1. The number of aliphatic hydroxyl groups is 1. The monoisotopic (exact) mass is 335 g/mol. The van der Waals surface area contributed by atoms with E-state index in [0.717, 1.165) is 17.7 Å². The molecule has 1 heterocycles. The minimum atomic E-state index is -1.05. The van der Waals surface area contributed by atoms with Crippen molar-refractivity contribution in [3.05, 3.63) is 29.8 Å². The van der Waals surface area contributed by atoms with Gasteiger partial charge in [0.1, 0.15) is 11.2 Å². The van der Waals surface area contributed by atoms with E-state index in [-0.39, 0.29) is 6.10 Å². The highest BCUT2D eigenvalue weighted by molar-refractivity contribution is 5.76. The van der Waals surface area contributed by atoms with E-state index in [1.165, 1.54) is 0 Å². The second kappa shape index (κ2) is 7.99. The topological polar surface area (TPSA) is 70.0 Å². The fourth-order valence-electron chi connectivity index (χ4n) is 3.51. The maximum absolute atomic E-state index is 11.8. The van der Waals surface area contributed by atoms with E-state index in [1.54, 1.807) is 0 Å². The van der Waals surface area contributed by atoms with E-state index in [4.69, 9.17) is 4.74 Å². The van der Waals surface area contributed by atoms with Crippen LogP contribution >= 0.6 is 0 Å². The van der Waals surface area contributed by atoms with Crippen molar-refractivity contribution in [1.82, 2.24) is 4.90 Å². The number of carboxylic acids is 1. The van der Waals surface area contributed by atoms with Crippen molar-refractivity contribution in [3.8, 4) is 5.75 Å². The number of ether oxygens (including phenoxy) is 1. The Morgan fingerprint density at radius 2 is 2.04 bits per heavy atom. The zero-order valence-corrected chi connectivity index (χ0v) is 14.9. The minimum absolute atomic E-state index is 0.143. The molecule has 0 bridgehead atoms. The van der Waals surface area contributed by atoms with Gasteiger partial charge in [0.05, 0.1) is 12.2 Å². The molecule has 0 radical (unpaired) electrons. The highest BCUT2D eigenvalue weighted by Crippen LogP contribution is 2.36. The quantitative estimate of drug-likeness (QED) is 0.802. The lowest BCUT2D eigenvalue weighted by Gasteiger charge is -2.43. The van der Waals surface area contributed by atoms with Gasteiger partial charge in [-0.05, 0) is 44.4 Å². The number of benzene rings is 1. The molecule has 1 aliphatic heterocycles. The van der Waals surface area contributed by atoms with Crippen molar-refractivity contribution >= 4 is 5.97 Å². The number of aliphatic carboxylic acids is 1. The van der Waals surface area contributed by atoms with Crippen LogP contribution in [0.15, 0.2) is 24.3 Å². The van der Waals surface area contributed by atoms with Crippen LogP contribution < -0.4 is 4.74 Å². The Labute approximate surface area is 144 Å². The molecule has 1 aromatic rings. The van der Waals surface area contributed by atoms with Crippen LogP contribution in [0.1, 0.15) is 45.6 Å². The Kier molecular flexibility index (Phi) is 6.24. The maximum Gasteiger partial charge on any atom is 0.313 e. The second-order valence-corrected chi connectivity index (χ2v) is 7.04. The SMILES string of the molecule is CCC[C@@]1(C(=O)O)CN(Cc2ccc(OC(C)C)cc2)CC[C@@H]1O. The van der Waals surface area contributed by atoms with Crippen LogP contribution in [-0.2, 0) is 11.3 Å². The van der Waals surface area contributed by atoms with Gasteiger partial charge in [0.15, 0.2) is 0 Å². The third kappa shape index (κ3) is 4.28. The number of carbonyl (C=O) groups is 1. The molecule has 1 aromatic carbocycles. The van der Waals surface area contributed by atoms with Crippen molar-refractivity contribution in [3.63, 3.8) is 0 Å². The van der Waals surface area contributed by atoms with Crippen molar-refractivity contribution in [2.24, 2.45) is 5.41 Å². The average Bonchev–Trinajstić information content (AvgIpc) is 2.52. The summed E-state index contributed by atoms with van der Waals surface area (Å²) in [6.07, 6.45) is 1.12. The molecule has 5 heteroatoms. The van der Waals surface area contributed by atoms with Crippen LogP contribution in [-0.4, -0.2) is 46.4 Å². The number of rotatable bonds is 7. The molecule has 2 rings (SSSR count). The molecule has 0 amide bonds. The summed E-state index contributed by atoms with van der Waals surface area (Å²) in [5.41, 5.74) is 0.0755. The first-order valence-electron chi connectivity index (χ1n) is 8.77. The summed E-state index contributed by atoms with van der Waals surface area (Å²) in [7, 11) is 0. The summed E-state index contributed by atoms with van der Waals surface area (Å²) in [6.45, 7) is 7.74. The van der Waals surface area contributed by atoms with E-state index < -0.39 is 17.5 Å². The fraction of sp³-hybridized carbons (Fsp3) is 0.632.